The number of ether oxygens (including phenoxy) is 2. The molecule has 1 fully saturated rings. The maximum atomic E-state index is 12.4. The minimum absolute atomic E-state index is 0.237. The van der Waals surface area contributed by atoms with Gasteiger partial charge in [-0.3, -0.25) is 9.58 Å². The molecule has 0 aliphatic carbocycles. The van der Waals surface area contributed by atoms with E-state index in [2.05, 4.69) is 21.4 Å². The average Bonchev–Trinajstić information content (AvgIpc) is 3.30. The molecule has 39 heavy (non-hydrogen) atoms. The van der Waals surface area contributed by atoms with Gasteiger partial charge in [0.25, 0.3) is 0 Å². The van der Waals surface area contributed by atoms with Gasteiger partial charge in [-0.05, 0) is 30.7 Å². The number of hydrogen-bond acceptors (Lipinski definition) is 6. The van der Waals surface area contributed by atoms with E-state index in [4.69, 9.17) is 26.2 Å². The predicted molar refractivity (Wildman–Crippen MR) is 152 cm³/mol. The smallest absolute Gasteiger partial charge is 0.211 e. The largest absolute Gasteiger partial charge is 0.481 e. The number of sulfonamides is 1. The van der Waals surface area contributed by atoms with E-state index in [1.54, 1.807) is 0 Å². The number of hydrogen-bond donors (Lipinski definition) is 0. The highest BCUT2D eigenvalue weighted by Gasteiger charge is 2.30. The Labute approximate surface area is 235 Å². The lowest BCUT2D eigenvalue weighted by molar-refractivity contribution is 0.0368. The Bertz CT molecular complexity index is 1460. The molecule has 206 valence electrons. The van der Waals surface area contributed by atoms with Gasteiger partial charge in [0.15, 0.2) is 0 Å². The summed E-state index contributed by atoms with van der Waals surface area (Å²) in [6, 6.07) is 15.2. The monoisotopic (exact) mass is 568 g/mol. The number of rotatable bonds is 8. The lowest BCUT2D eigenvalue weighted by Gasteiger charge is -2.27. The zero-order chi connectivity index (χ0) is 27.2. The van der Waals surface area contributed by atoms with Gasteiger partial charge in [0.2, 0.25) is 10.0 Å². The van der Waals surface area contributed by atoms with Gasteiger partial charge in [-0.25, -0.2) is 8.42 Å². The third-order valence-electron chi connectivity index (χ3n) is 7.03. The molecule has 0 amide bonds. The maximum absolute atomic E-state index is 12.4. The van der Waals surface area contributed by atoms with Crippen LogP contribution in [0.1, 0.15) is 23.2 Å². The van der Waals surface area contributed by atoms with E-state index in [0.717, 1.165) is 74.1 Å². The molecule has 0 N–H and O–H groups in total. The highest BCUT2D eigenvalue weighted by atomic mass is 35.5. The van der Waals surface area contributed by atoms with Gasteiger partial charge >= 0.3 is 0 Å². The first-order chi connectivity index (χ1) is 18.9. The van der Waals surface area contributed by atoms with Crippen LogP contribution >= 0.6 is 11.6 Å². The Morgan fingerprint density at radius 1 is 1.08 bits per heavy atom. The minimum Gasteiger partial charge on any atom is -0.481 e. The van der Waals surface area contributed by atoms with Gasteiger partial charge in [0.05, 0.1) is 30.2 Å². The number of nitrogens with zero attached hydrogens (tertiary/aromatic N) is 4. The van der Waals surface area contributed by atoms with Gasteiger partial charge in [-0.2, -0.15) is 9.40 Å². The van der Waals surface area contributed by atoms with Gasteiger partial charge < -0.3 is 9.47 Å². The van der Waals surface area contributed by atoms with Crippen LogP contribution in [0, 0.1) is 11.8 Å². The van der Waals surface area contributed by atoms with Crippen LogP contribution in [0.4, 0.5) is 0 Å². The Morgan fingerprint density at radius 3 is 2.64 bits per heavy atom. The molecule has 2 aliphatic heterocycles. The topological polar surface area (TPSA) is 76.9 Å². The number of morpholine rings is 1. The summed E-state index contributed by atoms with van der Waals surface area (Å²) in [5.74, 6) is 6.92. The Morgan fingerprint density at radius 2 is 1.87 bits per heavy atom. The molecule has 1 saturated heterocycles. The summed E-state index contributed by atoms with van der Waals surface area (Å²) < 4.78 is 39.5. The van der Waals surface area contributed by atoms with Crippen molar-refractivity contribution in [2.24, 2.45) is 0 Å². The van der Waals surface area contributed by atoms with Gasteiger partial charge in [-0.15, -0.1) is 0 Å². The van der Waals surface area contributed by atoms with E-state index in [9.17, 15) is 8.42 Å². The molecule has 0 bridgehead atoms. The fourth-order valence-corrected chi connectivity index (χ4v) is 5.92. The molecule has 0 saturated carbocycles. The molecule has 3 heterocycles. The summed E-state index contributed by atoms with van der Waals surface area (Å²) in [6.45, 7) is 6.23. The van der Waals surface area contributed by atoms with E-state index < -0.39 is 10.0 Å². The van der Waals surface area contributed by atoms with E-state index in [1.807, 2.05) is 48.5 Å². The number of benzene rings is 2. The van der Waals surface area contributed by atoms with Crippen LogP contribution < -0.4 is 4.74 Å². The fraction of sp³-hybridized carbons (Fsp3) is 0.414. The molecular formula is C29H33ClN4O4S. The Kier molecular flexibility index (Phi) is 8.90. The van der Waals surface area contributed by atoms with Crippen LogP contribution in [0.2, 0.25) is 5.02 Å². The van der Waals surface area contributed by atoms with Crippen molar-refractivity contribution in [1.82, 2.24) is 19.0 Å². The standard InChI is InChI=1S/C29H33ClN4O4S/c1-39(35,36)33-15-12-28-26(22-33)29(31-34(28)14-6-13-32-16-19-37-20-17-32)24-10-11-27(30)23(21-24)7-5-18-38-25-8-3-2-4-9-25/h2-4,8-11,21H,6,12-20,22H2,1H3. The molecule has 1 aromatic heterocycles. The minimum atomic E-state index is -3.32. The number of fused-ring (bicyclic) bond motifs is 1. The molecule has 2 aromatic carbocycles. The number of halogens is 1. The normalized spacial score (nSPS) is 16.4. The summed E-state index contributed by atoms with van der Waals surface area (Å²) in [7, 11) is -3.32. The SMILES string of the molecule is CS(=O)(=O)N1CCc2c(c(-c3ccc(Cl)c(C#CCOc4ccccc4)c3)nn2CCCN2CCOCC2)C1. The summed E-state index contributed by atoms with van der Waals surface area (Å²) in [6.07, 6.45) is 2.85. The van der Waals surface area contributed by atoms with Crippen molar-refractivity contribution < 1.29 is 17.9 Å². The Balaban J connectivity index is 1.38. The van der Waals surface area contributed by atoms with E-state index in [0.29, 0.717) is 30.1 Å². The molecule has 10 heteroatoms. The lowest BCUT2D eigenvalue weighted by atomic mass is 10.0. The molecule has 2 aliphatic rings. The van der Waals surface area contributed by atoms with E-state index in [1.165, 1.54) is 10.6 Å². The van der Waals surface area contributed by atoms with Gasteiger partial charge in [-0.1, -0.05) is 47.7 Å². The predicted octanol–water partition coefficient (Wildman–Crippen LogP) is 3.67. The summed E-state index contributed by atoms with van der Waals surface area (Å²) in [4.78, 5) is 2.41. The second-order valence-corrected chi connectivity index (χ2v) is 12.1. The molecular weight excluding hydrogens is 536 g/mol. The molecule has 0 unspecified atom stereocenters. The summed E-state index contributed by atoms with van der Waals surface area (Å²) in [5.41, 5.74) is 4.38. The maximum Gasteiger partial charge on any atom is 0.211 e. The third kappa shape index (κ3) is 7.02. The molecule has 0 radical (unpaired) electrons. The summed E-state index contributed by atoms with van der Waals surface area (Å²) in [5, 5.41) is 5.55. The molecule has 0 spiro atoms. The zero-order valence-electron chi connectivity index (χ0n) is 22.1. The molecule has 5 rings (SSSR count). The number of aromatic nitrogens is 2. The third-order valence-corrected chi connectivity index (χ3v) is 8.61. The zero-order valence-corrected chi connectivity index (χ0v) is 23.7. The highest BCUT2D eigenvalue weighted by molar-refractivity contribution is 7.88. The van der Waals surface area contributed by atoms with Crippen LogP contribution in [-0.2, 0) is 34.3 Å². The van der Waals surface area contributed by atoms with Crippen molar-refractivity contribution >= 4 is 21.6 Å². The Hall–Kier alpha value is -2.87. The first-order valence-corrected chi connectivity index (χ1v) is 15.4. The van der Waals surface area contributed by atoms with Crippen molar-refractivity contribution in [3.05, 3.63) is 70.4 Å². The highest BCUT2D eigenvalue weighted by Crippen LogP contribution is 2.33. The van der Waals surface area contributed by atoms with Crippen molar-refractivity contribution in [3.8, 4) is 28.8 Å². The van der Waals surface area contributed by atoms with Crippen molar-refractivity contribution in [3.63, 3.8) is 0 Å². The molecule has 0 atom stereocenters. The average molecular weight is 569 g/mol. The van der Waals surface area contributed by atoms with Crippen molar-refractivity contribution in [2.75, 3.05) is 52.3 Å². The lowest BCUT2D eigenvalue weighted by Crippen LogP contribution is -2.37. The van der Waals surface area contributed by atoms with Gasteiger partial charge in [0.1, 0.15) is 12.4 Å². The van der Waals surface area contributed by atoms with Crippen molar-refractivity contribution in [1.29, 1.82) is 0 Å². The summed E-state index contributed by atoms with van der Waals surface area (Å²) >= 11 is 6.48. The number of para-hydroxylation sites is 1. The first-order valence-electron chi connectivity index (χ1n) is 13.2. The van der Waals surface area contributed by atoms with Crippen molar-refractivity contribution in [2.45, 2.75) is 25.9 Å². The van der Waals surface area contributed by atoms with Crippen LogP contribution in [-0.4, -0.2) is 79.7 Å². The second kappa shape index (κ2) is 12.5. The quantitative estimate of drug-likeness (QED) is 0.386. The van der Waals surface area contributed by atoms with Crippen LogP contribution in [0.5, 0.6) is 5.75 Å². The van der Waals surface area contributed by atoms with Gasteiger partial charge in [0, 0.05) is 68.1 Å². The fourth-order valence-electron chi connectivity index (χ4n) is 4.97. The van der Waals surface area contributed by atoms with E-state index >= 15 is 0 Å². The molecule has 8 nitrogen and oxygen atoms in total. The van der Waals surface area contributed by atoms with Crippen LogP contribution in [0.15, 0.2) is 48.5 Å². The van der Waals surface area contributed by atoms with Crippen LogP contribution in [0.25, 0.3) is 11.3 Å². The molecule has 3 aromatic rings. The second-order valence-electron chi connectivity index (χ2n) is 9.75. The first kappa shape index (κ1) is 27.7. The van der Waals surface area contributed by atoms with E-state index in [-0.39, 0.29) is 6.61 Å². The van der Waals surface area contributed by atoms with Crippen LogP contribution in [0.3, 0.4) is 0 Å². The number of aryl methyl sites for hydroxylation is 1.